The van der Waals surface area contributed by atoms with Crippen LogP contribution in [0.1, 0.15) is 51.0 Å². The summed E-state index contributed by atoms with van der Waals surface area (Å²) in [5.41, 5.74) is 1.04. The maximum Gasteiger partial charge on any atom is 0.132 e. The Morgan fingerprint density at radius 3 is 2.65 bits per heavy atom. The summed E-state index contributed by atoms with van der Waals surface area (Å²) in [6.07, 6.45) is 9.41. The van der Waals surface area contributed by atoms with Crippen LogP contribution in [0.5, 0.6) is 5.75 Å². The van der Waals surface area contributed by atoms with E-state index in [0.29, 0.717) is 5.15 Å². The van der Waals surface area contributed by atoms with Gasteiger partial charge < -0.3 is 4.74 Å². The molecule has 0 saturated heterocycles. The van der Waals surface area contributed by atoms with Crippen molar-refractivity contribution in [3.63, 3.8) is 0 Å². The van der Waals surface area contributed by atoms with E-state index >= 15 is 0 Å². The minimum Gasteiger partial charge on any atom is -0.493 e. The number of hydrogen-bond donors (Lipinski definition) is 0. The van der Waals surface area contributed by atoms with Crippen LogP contribution in [0.15, 0.2) is 12.3 Å². The van der Waals surface area contributed by atoms with Gasteiger partial charge in [-0.15, -0.1) is 0 Å². The van der Waals surface area contributed by atoms with E-state index < -0.39 is 0 Å². The van der Waals surface area contributed by atoms with E-state index in [-0.39, 0.29) is 0 Å². The highest BCUT2D eigenvalue weighted by Gasteiger charge is 2.01. The second kappa shape index (κ2) is 8.35. The van der Waals surface area contributed by atoms with Gasteiger partial charge in [-0.1, -0.05) is 50.6 Å². The van der Waals surface area contributed by atoms with E-state index in [1.807, 2.05) is 6.92 Å². The van der Waals surface area contributed by atoms with E-state index in [4.69, 9.17) is 16.3 Å². The molecule has 0 aliphatic rings. The van der Waals surface area contributed by atoms with Crippen molar-refractivity contribution in [1.82, 2.24) is 4.98 Å². The van der Waals surface area contributed by atoms with E-state index in [0.717, 1.165) is 24.3 Å². The highest BCUT2D eigenvalue weighted by Crippen LogP contribution is 2.20. The van der Waals surface area contributed by atoms with Crippen molar-refractivity contribution in [2.24, 2.45) is 0 Å². The van der Waals surface area contributed by atoms with Gasteiger partial charge in [0.1, 0.15) is 10.9 Å². The van der Waals surface area contributed by atoms with Crippen molar-refractivity contribution in [3.05, 3.63) is 23.0 Å². The molecule has 0 fully saturated rings. The molecule has 1 rings (SSSR count). The predicted molar refractivity (Wildman–Crippen MR) is 72.9 cm³/mol. The molecule has 0 bridgehead atoms. The number of unbranched alkanes of at least 4 members (excludes halogenated alkanes) is 5. The van der Waals surface area contributed by atoms with Crippen molar-refractivity contribution in [3.8, 4) is 5.75 Å². The molecule has 0 atom stereocenters. The zero-order chi connectivity index (χ0) is 12.5. The molecular weight excluding hydrogens is 234 g/mol. The van der Waals surface area contributed by atoms with Crippen LogP contribution in [0.3, 0.4) is 0 Å². The van der Waals surface area contributed by atoms with Crippen molar-refractivity contribution in [2.75, 3.05) is 6.61 Å². The monoisotopic (exact) mass is 255 g/mol. The van der Waals surface area contributed by atoms with Gasteiger partial charge in [-0.05, 0) is 13.3 Å². The Kier molecular flexibility index (Phi) is 7.02. The smallest absolute Gasteiger partial charge is 0.132 e. The normalized spacial score (nSPS) is 10.5. The quantitative estimate of drug-likeness (QED) is 0.493. The van der Waals surface area contributed by atoms with Crippen LogP contribution in [0.25, 0.3) is 0 Å². The molecule has 1 heterocycles. The average molecular weight is 256 g/mol. The van der Waals surface area contributed by atoms with Crippen molar-refractivity contribution in [2.45, 2.75) is 52.4 Å². The molecular formula is C14H22ClNO. The lowest BCUT2D eigenvalue weighted by molar-refractivity contribution is 0.302. The SMILES string of the molecule is CCCCCCCCOc1cc(Cl)ncc1C. The lowest BCUT2D eigenvalue weighted by Crippen LogP contribution is -1.99. The van der Waals surface area contributed by atoms with Crippen LogP contribution in [0.2, 0.25) is 5.15 Å². The lowest BCUT2D eigenvalue weighted by Gasteiger charge is -2.08. The molecule has 0 saturated carbocycles. The molecule has 0 aliphatic carbocycles. The highest BCUT2D eigenvalue weighted by molar-refractivity contribution is 6.29. The van der Waals surface area contributed by atoms with Gasteiger partial charge in [0.2, 0.25) is 0 Å². The fourth-order valence-electron chi connectivity index (χ4n) is 1.70. The van der Waals surface area contributed by atoms with Gasteiger partial charge in [0.15, 0.2) is 0 Å². The van der Waals surface area contributed by atoms with Crippen molar-refractivity contribution < 1.29 is 4.74 Å². The van der Waals surface area contributed by atoms with E-state index in [2.05, 4.69) is 11.9 Å². The summed E-state index contributed by atoms with van der Waals surface area (Å²) in [6.45, 7) is 4.99. The Morgan fingerprint density at radius 2 is 1.88 bits per heavy atom. The largest absolute Gasteiger partial charge is 0.493 e. The Bertz CT molecular complexity index is 328. The fourth-order valence-corrected chi connectivity index (χ4v) is 1.85. The first-order chi connectivity index (χ1) is 8.24. The molecule has 96 valence electrons. The number of aryl methyl sites for hydroxylation is 1. The summed E-state index contributed by atoms with van der Waals surface area (Å²) in [4.78, 5) is 4.00. The van der Waals surface area contributed by atoms with Gasteiger partial charge >= 0.3 is 0 Å². The van der Waals surface area contributed by atoms with E-state index in [1.165, 1.54) is 32.1 Å². The van der Waals surface area contributed by atoms with Crippen LogP contribution in [-0.4, -0.2) is 11.6 Å². The molecule has 0 N–H and O–H groups in total. The summed E-state index contributed by atoms with van der Waals surface area (Å²) < 4.78 is 5.70. The van der Waals surface area contributed by atoms with Crippen LogP contribution in [0, 0.1) is 6.92 Å². The van der Waals surface area contributed by atoms with Gasteiger partial charge in [-0.2, -0.15) is 0 Å². The third-order valence-electron chi connectivity index (χ3n) is 2.78. The summed E-state index contributed by atoms with van der Waals surface area (Å²) in [5, 5.41) is 0.494. The molecule has 1 aromatic heterocycles. The third-order valence-corrected chi connectivity index (χ3v) is 2.98. The standard InChI is InChI=1S/C14H22ClNO/c1-3-4-5-6-7-8-9-17-13-10-14(15)16-11-12(13)2/h10-11H,3-9H2,1-2H3. The molecule has 2 nitrogen and oxygen atoms in total. The Morgan fingerprint density at radius 1 is 1.18 bits per heavy atom. The van der Waals surface area contributed by atoms with Gasteiger partial charge in [-0.3, -0.25) is 0 Å². The topological polar surface area (TPSA) is 22.1 Å². The number of ether oxygens (including phenoxy) is 1. The summed E-state index contributed by atoms with van der Waals surface area (Å²) in [7, 11) is 0. The maximum atomic E-state index is 5.82. The van der Waals surface area contributed by atoms with Gasteiger partial charge in [0.05, 0.1) is 6.61 Å². The summed E-state index contributed by atoms with van der Waals surface area (Å²) >= 11 is 5.82. The number of halogens is 1. The Labute approximate surface area is 109 Å². The zero-order valence-electron chi connectivity index (χ0n) is 10.8. The summed E-state index contributed by atoms with van der Waals surface area (Å²) in [5.74, 6) is 0.860. The highest BCUT2D eigenvalue weighted by atomic mass is 35.5. The number of rotatable bonds is 8. The first-order valence-electron chi connectivity index (χ1n) is 6.49. The molecule has 0 amide bonds. The second-order valence-electron chi connectivity index (χ2n) is 4.39. The van der Waals surface area contributed by atoms with Crippen molar-refractivity contribution in [1.29, 1.82) is 0 Å². The number of hydrogen-bond acceptors (Lipinski definition) is 2. The van der Waals surface area contributed by atoms with Crippen LogP contribution < -0.4 is 4.74 Å². The Balaban J connectivity index is 2.15. The van der Waals surface area contributed by atoms with E-state index in [1.54, 1.807) is 12.3 Å². The predicted octanol–water partition coefficient (Wildman–Crippen LogP) is 4.78. The lowest BCUT2D eigenvalue weighted by atomic mass is 10.1. The molecule has 0 aliphatic heterocycles. The minimum absolute atomic E-state index is 0.494. The third kappa shape index (κ3) is 5.92. The Hall–Kier alpha value is -0.760. The zero-order valence-corrected chi connectivity index (χ0v) is 11.6. The molecule has 0 unspecified atom stereocenters. The van der Waals surface area contributed by atoms with Gasteiger partial charge in [0, 0.05) is 17.8 Å². The average Bonchev–Trinajstić information content (AvgIpc) is 2.32. The molecule has 3 heteroatoms. The second-order valence-corrected chi connectivity index (χ2v) is 4.78. The molecule has 0 aromatic carbocycles. The first-order valence-corrected chi connectivity index (χ1v) is 6.86. The number of pyridine rings is 1. The van der Waals surface area contributed by atoms with Gasteiger partial charge in [-0.25, -0.2) is 4.98 Å². The molecule has 1 aromatic rings. The van der Waals surface area contributed by atoms with Crippen LogP contribution in [-0.2, 0) is 0 Å². The van der Waals surface area contributed by atoms with Gasteiger partial charge in [0.25, 0.3) is 0 Å². The number of nitrogens with zero attached hydrogens (tertiary/aromatic N) is 1. The minimum atomic E-state index is 0.494. The summed E-state index contributed by atoms with van der Waals surface area (Å²) in [6, 6.07) is 1.79. The van der Waals surface area contributed by atoms with Crippen LogP contribution >= 0.6 is 11.6 Å². The maximum absolute atomic E-state index is 5.82. The van der Waals surface area contributed by atoms with Crippen molar-refractivity contribution >= 4 is 11.6 Å². The first kappa shape index (κ1) is 14.3. The fraction of sp³-hybridized carbons (Fsp3) is 0.643. The molecule has 17 heavy (non-hydrogen) atoms. The molecule has 0 spiro atoms. The van der Waals surface area contributed by atoms with Crippen LogP contribution in [0.4, 0.5) is 0 Å². The van der Waals surface area contributed by atoms with E-state index in [9.17, 15) is 0 Å². The molecule has 0 radical (unpaired) electrons. The number of aromatic nitrogens is 1.